The number of fused-ring (bicyclic) bond motifs is 1. The Labute approximate surface area is 100 Å². The van der Waals surface area contributed by atoms with Gasteiger partial charge < -0.3 is 14.6 Å². The number of hydrogen-bond donors (Lipinski definition) is 2. The van der Waals surface area contributed by atoms with Gasteiger partial charge in [0.25, 0.3) is 0 Å². The normalized spacial score (nSPS) is 10.9. The fourth-order valence-corrected chi connectivity index (χ4v) is 1.61. The van der Waals surface area contributed by atoms with E-state index in [1.54, 1.807) is 13.0 Å². The van der Waals surface area contributed by atoms with Crippen molar-refractivity contribution in [3.8, 4) is 11.6 Å². The average molecular weight is 244 g/mol. The monoisotopic (exact) mass is 244 g/mol. The minimum Gasteiger partial charge on any atom is -0.478 e. The number of aryl methyl sites for hydroxylation is 1. The molecule has 0 radical (unpaired) electrons. The molecular formula is C11H8N4O3. The summed E-state index contributed by atoms with van der Waals surface area (Å²) in [4.78, 5) is 21.9. The number of aromatic nitrogens is 4. The van der Waals surface area contributed by atoms with E-state index in [1.807, 2.05) is 0 Å². The Morgan fingerprint density at radius 1 is 1.44 bits per heavy atom. The third-order valence-corrected chi connectivity index (χ3v) is 2.45. The van der Waals surface area contributed by atoms with Crippen LogP contribution in [0.1, 0.15) is 16.1 Å². The third kappa shape index (κ3) is 1.61. The summed E-state index contributed by atoms with van der Waals surface area (Å²) in [5.74, 6) is -0.0703. The standard InChI is InChI=1S/C11H8N4O3/c1-5-2-8(18-15-5)10-13-7-3-6(11(16)17)4-12-9(7)14-10/h2-4H,1H3,(H,16,17)(H,12,13,14). The summed E-state index contributed by atoms with van der Waals surface area (Å²) in [7, 11) is 0. The van der Waals surface area contributed by atoms with Crippen molar-refractivity contribution < 1.29 is 14.4 Å². The number of imidazole rings is 1. The third-order valence-electron chi connectivity index (χ3n) is 2.45. The van der Waals surface area contributed by atoms with Crippen LogP contribution in [-0.4, -0.2) is 31.2 Å². The maximum atomic E-state index is 10.8. The number of pyridine rings is 1. The van der Waals surface area contributed by atoms with E-state index in [-0.39, 0.29) is 5.56 Å². The van der Waals surface area contributed by atoms with Gasteiger partial charge in [0, 0.05) is 12.3 Å². The van der Waals surface area contributed by atoms with E-state index >= 15 is 0 Å². The second-order valence-corrected chi connectivity index (χ2v) is 3.82. The van der Waals surface area contributed by atoms with E-state index in [4.69, 9.17) is 9.63 Å². The fraction of sp³-hybridized carbons (Fsp3) is 0.0909. The molecule has 0 fully saturated rings. The molecule has 7 heteroatoms. The van der Waals surface area contributed by atoms with E-state index < -0.39 is 5.97 Å². The molecule has 0 aliphatic heterocycles. The van der Waals surface area contributed by atoms with Gasteiger partial charge in [-0.3, -0.25) is 0 Å². The Balaban J connectivity index is 2.13. The predicted molar refractivity (Wildman–Crippen MR) is 61.1 cm³/mol. The molecule has 7 nitrogen and oxygen atoms in total. The molecule has 0 saturated carbocycles. The zero-order valence-electron chi connectivity index (χ0n) is 9.34. The molecule has 0 spiro atoms. The highest BCUT2D eigenvalue weighted by Gasteiger charge is 2.12. The van der Waals surface area contributed by atoms with Crippen LogP contribution in [0.4, 0.5) is 0 Å². The van der Waals surface area contributed by atoms with Gasteiger partial charge in [-0.05, 0) is 13.0 Å². The first-order valence-electron chi connectivity index (χ1n) is 5.16. The molecule has 0 amide bonds. The zero-order valence-corrected chi connectivity index (χ0v) is 9.34. The summed E-state index contributed by atoms with van der Waals surface area (Å²) in [6.07, 6.45) is 1.26. The molecule has 2 N–H and O–H groups in total. The molecule has 3 heterocycles. The maximum Gasteiger partial charge on any atom is 0.337 e. The van der Waals surface area contributed by atoms with Crippen LogP contribution in [0.5, 0.6) is 0 Å². The molecule has 0 aromatic carbocycles. The number of H-pyrrole nitrogens is 1. The number of nitrogens with one attached hydrogen (secondary N) is 1. The predicted octanol–water partition coefficient (Wildman–Crippen LogP) is 1.62. The van der Waals surface area contributed by atoms with Crippen LogP contribution in [-0.2, 0) is 0 Å². The summed E-state index contributed by atoms with van der Waals surface area (Å²) in [6, 6.07) is 3.21. The molecule has 0 bridgehead atoms. The second-order valence-electron chi connectivity index (χ2n) is 3.82. The molecule has 0 aliphatic carbocycles. The van der Waals surface area contributed by atoms with Gasteiger partial charge in [0.15, 0.2) is 11.5 Å². The number of carboxylic acids is 1. The van der Waals surface area contributed by atoms with Gasteiger partial charge in [0.1, 0.15) is 0 Å². The number of carboxylic acid groups (broad SMARTS) is 1. The van der Waals surface area contributed by atoms with Crippen molar-refractivity contribution in [3.63, 3.8) is 0 Å². The number of hydrogen-bond acceptors (Lipinski definition) is 5. The van der Waals surface area contributed by atoms with Gasteiger partial charge in [0.2, 0.25) is 5.76 Å². The summed E-state index contributed by atoms with van der Waals surface area (Å²) in [5.41, 5.74) is 1.82. The Morgan fingerprint density at radius 2 is 2.28 bits per heavy atom. The van der Waals surface area contributed by atoms with Gasteiger partial charge in [-0.25, -0.2) is 14.8 Å². The van der Waals surface area contributed by atoms with Crippen LogP contribution in [0, 0.1) is 6.92 Å². The van der Waals surface area contributed by atoms with Gasteiger partial charge in [-0.2, -0.15) is 0 Å². The lowest BCUT2D eigenvalue weighted by Crippen LogP contribution is -1.96. The second kappa shape index (κ2) is 3.66. The van der Waals surface area contributed by atoms with E-state index in [1.165, 1.54) is 12.3 Å². The van der Waals surface area contributed by atoms with Gasteiger partial charge >= 0.3 is 5.97 Å². The van der Waals surface area contributed by atoms with Crippen molar-refractivity contribution >= 4 is 17.1 Å². The van der Waals surface area contributed by atoms with Crippen molar-refractivity contribution in [1.82, 2.24) is 20.1 Å². The van der Waals surface area contributed by atoms with Crippen LogP contribution < -0.4 is 0 Å². The SMILES string of the molecule is Cc1cc(-c2nc3ncc(C(=O)O)cc3[nH]2)on1. The van der Waals surface area contributed by atoms with Gasteiger partial charge in [-0.1, -0.05) is 5.16 Å². The first-order chi connectivity index (χ1) is 8.63. The zero-order chi connectivity index (χ0) is 12.7. The number of rotatable bonds is 2. The van der Waals surface area contributed by atoms with Crippen molar-refractivity contribution in [3.05, 3.63) is 29.6 Å². The number of carbonyl (C=O) groups is 1. The highest BCUT2D eigenvalue weighted by molar-refractivity contribution is 5.91. The Kier molecular flexibility index (Phi) is 2.12. The van der Waals surface area contributed by atoms with Crippen LogP contribution in [0.2, 0.25) is 0 Å². The summed E-state index contributed by atoms with van der Waals surface area (Å²) >= 11 is 0. The Hall–Kier alpha value is -2.70. The molecule has 0 aliphatic rings. The maximum absolute atomic E-state index is 10.8. The van der Waals surface area contributed by atoms with E-state index in [0.29, 0.717) is 22.7 Å². The molecule has 0 unspecified atom stereocenters. The van der Waals surface area contributed by atoms with Crippen LogP contribution in [0.3, 0.4) is 0 Å². The average Bonchev–Trinajstić information content (AvgIpc) is 2.93. The first kappa shape index (κ1) is 10.5. The summed E-state index contributed by atoms with van der Waals surface area (Å²) < 4.78 is 5.07. The molecular weight excluding hydrogens is 236 g/mol. The summed E-state index contributed by atoms with van der Waals surface area (Å²) in [5, 5.41) is 12.6. The minimum absolute atomic E-state index is 0.103. The van der Waals surface area contributed by atoms with E-state index in [2.05, 4.69) is 20.1 Å². The molecule has 0 atom stereocenters. The Morgan fingerprint density at radius 3 is 2.94 bits per heavy atom. The lowest BCUT2D eigenvalue weighted by Gasteiger charge is -1.91. The number of aromatic carboxylic acids is 1. The molecule has 90 valence electrons. The molecule has 0 saturated heterocycles. The largest absolute Gasteiger partial charge is 0.478 e. The molecule has 3 aromatic rings. The highest BCUT2D eigenvalue weighted by Crippen LogP contribution is 2.20. The van der Waals surface area contributed by atoms with Crippen LogP contribution in [0.15, 0.2) is 22.9 Å². The van der Waals surface area contributed by atoms with Gasteiger partial charge in [-0.15, -0.1) is 0 Å². The molecule has 18 heavy (non-hydrogen) atoms. The Bertz CT molecular complexity index is 744. The van der Waals surface area contributed by atoms with Crippen LogP contribution >= 0.6 is 0 Å². The molecule has 3 aromatic heterocycles. The van der Waals surface area contributed by atoms with E-state index in [9.17, 15) is 4.79 Å². The fourth-order valence-electron chi connectivity index (χ4n) is 1.61. The lowest BCUT2D eigenvalue weighted by atomic mass is 10.3. The first-order valence-corrected chi connectivity index (χ1v) is 5.16. The number of nitrogens with zero attached hydrogens (tertiary/aromatic N) is 3. The van der Waals surface area contributed by atoms with Crippen molar-refractivity contribution in [2.75, 3.05) is 0 Å². The smallest absolute Gasteiger partial charge is 0.337 e. The molecule has 3 rings (SSSR count). The highest BCUT2D eigenvalue weighted by atomic mass is 16.5. The van der Waals surface area contributed by atoms with Gasteiger partial charge in [0.05, 0.1) is 16.8 Å². The van der Waals surface area contributed by atoms with Crippen molar-refractivity contribution in [2.45, 2.75) is 6.92 Å². The van der Waals surface area contributed by atoms with E-state index in [0.717, 1.165) is 5.69 Å². The van der Waals surface area contributed by atoms with Crippen molar-refractivity contribution in [2.24, 2.45) is 0 Å². The topological polar surface area (TPSA) is 105 Å². The quantitative estimate of drug-likeness (QED) is 0.709. The lowest BCUT2D eigenvalue weighted by molar-refractivity contribution is 0.0696. The van der Waals surface area contributed by atoms with Crippen LogP contribution in [0.25, 0.3) is 22.7 Å². The summed E-state index contributed by atoms with van der Waals surface area (Å²) in [6.45, 7) is 1.80. The van der Waals surface area contributed by atoms with Crippen molar-refractivity contribution in [1.29, 1.82) is 0 Å². The minimum atomic E-state index is -1.03. The number of aromatic amines is 1.